The zero-order valence-electron chi connectivity index (χ0n) is 16.8. The van der Waals surface area contributed by atoms with Gasteiger partial charge < -0.3 is 19.1 Å². The highest BCUT2D eigenvalue weighted by Gasteiger charge is 2.18. The summed E-state index contributed by atoms with van der Waals surface area (Å²) in [5.41, 5.74) is 4.12. The molecule has 29 heavy (non-hydrogen) atoms. The van der Waals surface area contributed by atoms with Crippen LogP contribution in [0.5, 0.6) is 0 Å². The number of aromatic nitrogens is 1. The molecule has 4 aromatic rings. The summed E-state index contributed by atoms with van der Waals surface area (Å²) >= 11 is 0. The van der Waals surface area contributed by atoms with Gasteiger partial charge in [0.05, 0.1) is 5.69 Å². The minimum atomic E-state index is -0.398. The monoisotopic (exact) mass is 389 g/mol. The number of hydrogen-bond acceptors (Lipinski definition) is 6. The van der Waals surface area contributed by atoms with Gasteiger partial charge in [0.2, 0.25) is 0 Å². The van der Waals surface area contributed by atoms with Crippen LogP contribution in [0, 0.1) is 13.8 Å². The minimum Gasteiger partial charge on any atom is -0.454 e. The normalized spacial score (nSPS) is 17.3. The standard InChI is InChI=1S/C23H23N3O3/c1-13-8-17-10-21(28-22(17)15(3)25-13)19-9-16-4-5-18(11-20(16)29-23(19)27)26-7-6-24-14(2)12-26/h4-5,8-11,14,24H,6-7,12H2,1-3H3/t14-/m1/s1. The van der Waals surface area contributed by atoms with Gasteiger partial charge in [-0.3, -0.25) is 4.98 Å². The van der Waals surface area contributed by atoms with Crippen LogP contribution in [-0.4, -0.2) is 30.7 Å². The molecule has 148 valence electrons. The van der Waals surface area contributed by atoms with Crippen LogP contribution < -0.4 is 15.8 Å². The van der Waals surface area contributed by atoms with Crippen LogP contribution in [0.15, 0.2) is 50.0 Å². The fourth-order valence-electron chi connectivity index (χ4n) is 4.14. The molecule has 1 aliphatic heterocycles. The number of nitrogens with zero attached hydrogens (tertiary/aromatic N) is 2. The van der Waals surface area contributed by atoms with Crippen molar-refractivity contribution in [3.63, 3.8) is 0 Å². The maximum Gasteiger partial charge on any atom is 0.347 e. The first kappa shape index (κ1) is 17.9. The van der Waals surface area contributed by atoms with Crippen LogP contribution in [0.1, 0.15) is 18.3 Å². The lowest BCUT2D eigenvalue weighted by molar-refractivity contribution is 0.484. The zero-order valence-corrected chi connectivity index (χ0v) is 16.8. The molecule has 1 aliphatic rings. The summed E-state index contributed by atoms with van der Waals surface area (Å²) in [4.78, 5) is 19.5. The van der Waals surface area contributed by atoms with Gasteiger partial charge in [-0.1, -0.05) is 0 Å². The molecule has 5 rings (SSSR count). The Labute approximate surface area is 168 Å². The van der Waals surface area contributed by atoms with Gasteiger partial charge in [-0.15, -0.1) is 0 Å². The number of piperazine rings is 1. The summed E-state index contributed by atoms with van der Waals surface area (Å²) in [6.07, 6.45) is 0. The summed E-state index contributed by atoms with van der Waals surface area (Å²) < 4.78 is 11.6. The Hall–Kier alpha value is -3.12. The number of pyridine rings is 1. The number of anilines is 1. The molecule has 0 unspecified atom stereocenters. The van der Waals surface area contributed by atoms with Crippen molar-refractivity contribution in [3.05, 3.63) is 58.2 Å². The summed E-state index contributed by atoms with van der Waals surface area (Å²) in [5.74, 6) is 0.506. The van der Waals surface area contributed by atoms with Crippen LogP contribution in [0.3, 0.4) is 0 Å². The van der Waals surface area contributed by atoms with Gasteiger partial charge in [-0.05, 0) is 51.1 Å². The van der Waals surface area contributed by atoms with E-state index in [2.05, 4.69) is 28.2 Å². The molecule has 4 heterocycles. The highest BCUT2D eigenvalue weighted by molar-refractivity contribution is 5.88. The Morgan fingerprint density at radius 1 is 1.10 bits per heavy atom. The quantitative estimate of drug-likeness (QED) is 0.522. The predicted molar refractivity (Wildman–Crippen MR) is 115 cm³/mol. The second-order valence-electron chi connectivity index (χ2n) is 7.85. The topological polar surface area (TPSA) is 71.5 Å². The van der Waals surface area contributed by atoms with Gasteiger partial charge in [0.1, 0.15) is 16.9 Å². The van der Waals surface area contributed by atoms with E-state index in [1.165, 1.54) is 0 Å². The fraction of sp³-hybridized carbons (Fsp3) is 0.304. The van der Waals surface area contributed by atoms with Crippen molar-refractivity contribution in [1.82, 2.24) is 10.3 Å². The second-order valence-corrected chi connectivity index (χ2v) is 7.85. The van der Waals surface area contributed by atoms with Gasteiger partial charge in [0.15, 0.2) is 5.58 Å². The molecule has 0 amide bonds. The summed E-state index contributed by atoms with van der Waals surface area (Å²) in [5, 5.41) is 5.25. The average Bonchev–Trinajstić information content (AvgIpc) is 3.11. The van der Waals surface area contributed by atoms with E-state index in [9.17, 15) is 4.79 Å². The lowest BCUT2D eigenvalue weighted by Gasteiger charge is -2.33. The largest absolute Gasteiger partial charge is 0.454 e. The molecule has 1 aromatic carbocycles. The Balaban J connectivity index is 1.58. The molecule has 1 saturated heterocycles. The molecule has 0 bridgehead atoms. The van der Waals surface area contributed by atoms with Gasteiger partial charge in [0.25, 0.3) is 0 Å². The molecule has 6 nitrogen and oxygen atoms in total. The third-order valence-corrected chi connectivity index (χ3v) is 5.52. The van der Waals surface area contributed by atoms with Crippen LogP contribution in [0.25, 0.3) is 33.3 Å². The van der Waals surface area contributed by atoms with Crippen molar-refractivity contribution in [2.24, 2.45) is 0 Å². The molecule has 0 aliphatic carbocycles. The van der Waals surface area contributed by atoms with E-state index in [0.29, 0.717) is 28.5 Å². The number of furan rings is 1. The first-order valence-corrected chi connectivity index (χ1v) is 9.92. The second kappa shape index (κ2) is 6.74. The summed E-state index contributed by atoms with van der Waals surface area (Å²) in [7, 11) is 0. The van der Waals surface area contributed by atoms with Crippen molar-refractivity contribution in [2.45, 2.75) is 26.8 Å². The van der Waals surface area contributed by atoms with E-state index in [-0.39, 0.29) is 0 Å². The SMILES string of the molecule is Cc1cc2cc(-c3cc4ccc(N5CCN[C@H](C)C5)cc4oc3=O)oc2c(C)n1. The van der Waals surface area contributed by atoms with Crippen molar-refractivity contribution in [2.75, 3.05) is 24.5 Å². The molecule has 0 spiro atoms. The summed E-state index contributed by atoms with van der Waals surface area (Å²) in [6.45, 7) is 8.83. The Kier molecular flexibility index (Phi) is 4.17. The van der Waals surface area contributed by atoms with Crippen molar-refractivity contribution < 1.29 is 8.83 Å². The first-order valence-electron chi connectivity index (χ1n) is 9.92. The number of benzene rings is 1. The highest BCUT2D eigenvalue weighted by Crippen LogP contribution is 2.30. The number of rotatable bonds is 2. The minimum absolute atomic E-state index is 0.398. The van der Waals surface area contributed by atoms with Crippen LogP contribution in [-0.2, 0) is 0 Å². The van der Waals surface area contributed by atoms with Crippen molar-refractivity contribution in [3.8, 4) is 11.3 Å². The zero-order chi connectivity index (χ0) is 20.1. The molecule has 1 atom stereocenters. The summed E-state index contributed by atoms with van der Waals surface area (Å²) in [6, 6.07) is 12.2. The number of fused-ring (bicyclic) bond motifs is 2. The van der Waals surface area contributed by atoms with Gasteiger partial charge in [-0.25, -0.2) is 4.79 Å². The molecule has 3 aromatic heterocycles. The van der Waals surface area contributed by atoms with Gasteiger partial charge in [-0.2, -0.15) is 0 Å². The first-order chi connectivity index (χ1) is 14.0. The maximum atomic E-state index is 12.7. The lowest BCUT2D eigenvalue weighted by Crippen LogP contribution is -2.49. The average molecular weight is 389 g/mol. The van der Waals surface area contributed by atoms with Gasteiger partial charge in [0, 0.05) is 53.9 Å². The van der Waals surface area contributed by atoms with E-state index in [1.807, 2.05) is 44.2 Å². The molecule has 1 fully saturated rings. The third-order valence-electron chi connectivity index (χ3n) is 5.52. The molecule has 0 radical (unpaired) electrons. The Bertz CT molecular complexity index is 1290. The highest BCUT2D eigenvalue weighted by atomic mass is 16.4. The van der Waals surface area contributed by atoms with Crippen molar-refractivity contribution >= 4 is 27.6 Å². The van der Waals surface area contributed by atoms with Crippen molar-refractivity contribution in [1.29, 1.82) is 0 Å². The van der Waals surface area contributed by atoms with E-state index in [1.54, 1.807) is 0 Å². The van der Waals surface area contributed by atoms with Crippen LogP contribution >= 0.6 is 0 Å². The molecule has 6 heteroatoms. The fourth-order valence-corrected chi connectivity index (χ4v) is 4.14. The molecular weight excluding hydrogens is 366 g/mol. The molecule has 0 saturated carbocycles. The lowest BCUT2D eigenvalue weighted by atomic mass is 10.1. The number of aryl methyl sites for hydroxylation is 2. The molecular formula is C23H23N3O3. The van der Waals surface area contributed by atoms with E-state index in [0.717, 1.165) is 47.5 Å². The Morgan fingerprint density at radius 2 is 1.97 bits per heavy atom. The maximum absolute atomic E-state index is 12.7. The number of nitrogens with one attached hydrogen (secondary N) is 1. The van der Waals surface area contributed by atoms with Gasteiger partial charge >= 0.3 is 5.63 Å². The van der Waals surface area contributed by atoms with E-state index >= 15 is 0 Å². The Morgan fingerprint density at radius 3 is 2.79 bits per heavy atom. The molecule has 1 N–H and O–H groups in total. The smallest absolute Gasteiger partial charge is 0.347 e. The third kappa shape index (κ3) is 3.19. The van der Waals surface area contributed by atoms with Crippen LogP contribution in [0.4, 0.5) is 5.69 Å². The van der Waals surface area contributed by atoms with E-state index in [4.69, 9.17) is 8.83 Å². The van der Waals surface area contributed by atoms with E-state index < -0.39 is 5.63 Å². The number of hydrogen-bond donors (Lipinski definition) is 1. The predicted octanol–water partition coefficient (Wildman–Crippen LogP) is 4.02. The van der Waals surface area contributed by atoms with Crippen LogP contribution in [0.2, 0.25) is 0 Å².